The Morgan fingerprint density at radius 3 is 2.62 bits per heavy atom. The van der Waals surface area contributed by atoms with Gasteiger partial charge in [-0.05, 0) is 38.1 Å². The lowest BCUT2D eigenvalue weighted by Gasteiger charge is -2.14. The van der Waals surface area contributed by atoms with Crippen molar-refractivity contribution in [1.82, 2.24) is 14.5 Å². The number of benzene rings is 1. The van der Waals surface area contributed by atoms with Crippen molar-refractivity contribution in [3.05, 3.63) is 35.8 Å². The Morgan fingerprint density at radius 2 is 1.90 bits per heavy atom. The van der Waals surface area contributed by atoms with Crippen LogP contribution in [0.2, 0.25) is 0 Å². The zero-order valence-electron chi connectivity index (χ0n) is 11.8. The molecule has 6 heteroatoms. The number of hydrogen-bond acceptors (Lipinski definition) is 3. The summed E-state index contributed by atoms with van der Waals surface area (Å²) in [5.74, 6) is -2.14. The second-order valence-electron chi connectivity index (χ2n) is 5.36. The van der Waals surface area contributed by atoms with Crippen LogP contribution in [0.25, 0.3) is 11.3 Å². The number of aromatic hydroxyl groups is 1. The molecule has 2 heterocycles. The van der Waals surface area contributed by atoms with E-state index >= 15 is 0 Å². The number of aromatic nitrogens is 2. The van der Waals surface area contributed by atoms with Crippen LogP contribution in [0.3, 0.4) is 0 Å². The minimum Gasteiger partial charge on any atom is -0.505 e. The highest BCUT2D eigenvalue weighted by molar-refractivity contribution is 5.61. The topological polar surface area (TPSA) is 41.3 Å². The number of halogens is 2. The van der Waals surface area contributed by atoms with Gasteiger partial charge in [0.05, 0.1) is 18.4 Å². The zero-order chi connectivity index (χ0) is 15.0. The Kier molecular flexibility index (Phi) is 3.63. The van der Waals surface area contributed by atoms with Crippen LogP contribution in [0.5, 0.6) is 5.75 Å². The van der Waals surface area contributed by atoms with E-state index in [9.17, 15) is 13.9 Å². The van der Waals surface area contributed by atoms with E-state index in [0.29, 0.717) is 12.2 Å². The summed E-state index contributed by atoms with van der Waals surface area (Å²) in [5, 5.41) is 9.19. The summed E-state index contributed by atoms with van der Waals surface area (Å²) in [6.45, 7) is 2.80. The first kappa shape index (κ1) is 14.0. The highest BCUT2D eigenvalue weighted by Crippen LogP contribution is 2.29. The molecule has 1 aromatic carbocycles. The third kappa shape index (κ3) is 2.51. The van der Waals surface area contributed by atoms with Crippen LogP contribution < -0.4 is 0 Å². The Balaban J connectivity index is 1.93. The predicted molar refractivity (Wildman–Crippen MR) is 74.7 cm³/mol. The molecule has 0 bridgehead atoms. The molecular formula is C15H17F2N3O. The van der Waals surface area contributed by atoms with E-state index in [1.807, 2.05) is 0 Å². The van der Waals surface area contributed by atoms with Crippen molar-refractivity contribution in [2.45, 2.75) is 19.4 Å². The summed E-state index contributed by atoms with van der Waals surface area (Å²) < 4.78 is 29.2. The van der Waals surface area contributed by atoms with Gasteiger partial charge < -0.3 is 9.67 Å². The quantitative estimate of drug-likeness (QED) is 0.946. The average molecular weight is 293 g/mol. The van der Waals surface area contributed by atoms with Crippen LogP contribution in [0.15, 0.2) is 18.3 Å². The highest BCUT2D eigenvalue weighted by atomic mass is 19.2. The molecular weight excluding hydrogens is 276 g/mol. The lowest BCUT2D eigenvalue weighted by molar-refractivity contribution is 0.319. The maximum Gasteiger partial charge on any atom is 0.201 e. The first-order chi connectivity index (χ1) is 10.1. The van der Waals surface area contributed by atoms with Gasteiger partial charge in [-0.25, -0.2) is 9.37 Å². The average Bonchev–Trinajstić information content (AvgIpc) is 3.09. The minimum absolute atomic E-state index is 0.105. The molecule has 3 rings (SSSR count). The van der Waals surface area contributed by atoms with E-state index in [1.165, 1.54) is 18.9 Å². The summed E-state index contributed by atoms with van der Waals surface area (Å²) >= 11 is 0. The maximum atomic E-state index is 14.0. The number of nitrogens with zero attached hydrogens (tertiary/aromatic N) is 3. The van der Waals surface area contributed by atoms with Crippen molar-refractivity contribution in [3.8, 4) is 17.0 Å². The summed E-state index contributed by atoms with van der Waals surface area (Å²) in [5.41, 5.74) is 0.605. The molecule has 1 saturated heterocycles. The molecule has 1 N–H and O–H groups in total. The summed E-state index contributed by atoms with van der Waals surface area (Å²) in [6.07, 6.45) is 3.92. The lowest BCUT2D eigenvalue weighted by Crippen LogP contribution is -2.20. The zero-order valence-corrected chi connectivity index (χ0v) is 11.8. The third-order valence-electron chi connectivity index (χ3n) is 3.99. The lowest BCUT2D eigenvalue weighted by atomic mass is 10.1. The summed E-state index contributed by atoms with van der Waals surface area (Å²) in [7, 11) is 1.79. The number of rotatable bonds is 3. The second kappa shape index (κ2) is 5.44. The van der Waals surface area contributed by atoms with Crippen molar-refractivity contribution in [1.29, 1.82) is 0 Å². The van der Waals surface area contributed by atoms with Gasteiger partial charge in [-0.1, -0.05) is 0 Å². The van der Waals surface area contributed by atoms with Crippen molar-refractivity contribution in [2.75, 3.05) is 13.1 Å². The van der Waals surface area contributed by atoms with Crippen molar-refractivity contribution in [2.24, 2.45) is 7.05 Å². The Hall–Kier alpha value is -1.95. The van der Waals surface area contributed by atoms with E-state index in [-0.39, 0.29) is 5.56 Å². The summed E-state index contributed by atoms with van der Waals surface area (Å²) in [6, 6.07) is 2.52. The molecule has 21 heavy (non-hydrogen) atoms. The first-order valence-corrected chi connectivity index (χ1v) is 6.98. The number of phenolic OH excluding ortho intramolecular Hbond substituents is 1. The molecule has 0 saturated carbocycles. The molecule has 0 amide bonds. The molecule has 1 aromatic heterocycles. The van der Waals surface area contributed by atoms with Gasteiger partial charge in [-0.15, -0.1) is 0 Å². The Labute approximate surface area is 121 Å². The van der Waals surface area contributed by atoms with Crippen LogP contribution in [-0.4, -0.2) is 32.6 Å². The number of imidazole rings is 1. The Morgan fingerprint density at radius 1 is 1.19 bits per heavy atom. The molecule has 0 radical (unpaired) electrons. The monoisotopic (exact) mass is 293 g/mol. The minimum atomic E-state index is -1.23. The molecule has 1 aliphatic rings. The molecule has 2 aromatic rings. The van der Waals surface area contributed by atoms with Crippen LogP contribution >= 0.6 is 0 Å². The van der Waals surface area contributed by atoms with E-state index in [2.05, 4.69) is 9.88 Å². The molecule has 0 unspecified atom stereocenters. The molecule has 1 fully saturated rings. The fraction of sp³-hybridized carbons (Fsp3) is 0.400. The van der Waals surface area contributed by atoms with Crippen LogP contribution in [-0.2, 0) is 13.6 Å². The van der Waals surface area contributed by atoms with E-state index in [1.54, 1.807) is 17.8 Å². The molecule has 0 spiro atoms. The van der Waals surface area contributed by atoms with E-state index < -0.39 is 17.4 Å². The van der Waals surface area contributed by atoms with Crippen molar-refractivity contribution in [3.63, 3.8) is 0 Å². The fourth-order valence-corrected chi connectivity index (χ4v) is 2.72. The standard InChI is InChI=1S/C15H17F2N3O/c1-19-11(10-4-5-12(21)15(17)14(10)16)8-18-13(19)9-20-6-2-3-7-20/h4-5,8,21H,2-3,6-7,9H2,1H3. The van der Waals surface area contributed by atoms with Gasteiger partial charge in [0.1, 0.15) is 5.82 Å². The molecule has 1 aliphatic heterocycles. The fourth-order valence-electron chi connectivity index (χ4n) is 2.72. The SMILES string of the molecule is Cn1c(-c2ccc(O)c(F)c2F)cnc1CN1CCCC1. The molecule has 0 aliphatic carbocycles. The van der Waals surface area contributed by atoms with Gasteiger partial charge in [0.25, 0.3) is 0 Å². The van der Waals surface area contributed by atoms with Crippen molar-refractivity contribution >= 4 is 0 Å². The Bertz CT molecular complexity index is 663. The maximum absolute atomic E-state index is 14.0. The highest BCUT2D eigenvalue weighted by Gasteiger charge is 2.19. The van der Waals surface area contributed by atoms with Gasteiger partial charge in [-0.2, -0.15) is 4.39 Å². The van der Waals surface area contributed by atoms with Gasteiger partial charge in [0.15, 0.2) is 11.6 Å². The number of phenols is 1. The van der Waals surface area contributed by atoms with E-state index in [4.69, 9.17) is 0 Å². The normalized spacial score (nSPS) is 15.8. The van der Waals surface area contributed by atoms with Gasteiger partial charge in [-0.3, -0.25) is 4.90 Å². The van der Waals surface area contributed by atoms with Gasteiger partial charge >= 0.3 is 0 Å². The number of hydrogen-bond donors (Lipinski definition) is 1. The molecule has 112 valence electrons. The van der Waals surface area contributed by atoms with Crippen molar-refractivity contribution < 1.29 is 13.9 Å². The largest absolute Gasteiger partial charge is 0.505 e. The smallest absolute Gasteiger partial charge is 0.201 e. The van der Waals surface area contributed by atoms with Crippen LogP contribution in [0.4, 0.5) is 8.78 Å². The van der Waals surface area contributed by atoms with E-state index in [0.717, 1.165) is 25.0 Å². The van der Waals surface area contributed by atoms with Crippen LogP contribution in [0.1, 0.15) is 18.7 Å². The second-order valence-corrected chi connectivity index (χ2v) is 5.36. The third-order valence-corrected chi connectivity index (χ3v) is 3.99. The molecule has 0 atom stereocenters. The predicted octanol–water partition coefficient (Wildman–Crippen LogP) is 2.67. The molecule has 4 nitrogen and oxygen atoms in total. The van der Waals surface area contributed by atoms with Gasteiger partial charge in [0, 0.05) is 12.6 Å². The summed E-state index contributed by atoms with van der Waals surface area (Å²) in [4.78, 5) is 6.61. The number of likely N-dealkylation sites (tertiary alicyclic amines) is 1. The van der Waals surface area contributed by atoms with Crippen LogP contribution in [0, 0.1) is 11.6 Å². The first-order valence-electron chi connectivity index (χ1n) is 6.98. The van der Waals surface area contributed by atoms with Gasteiger partial charge in [0.2, 0.25) is 5.82 Å².